The average Bonchev–Trinajstić information content (AvgIpc) is 2.34. The Morgan fingerprint density at radius 1 is 1.54 bits per heavy atom. The lowest BCUT2D eigenvalue weighted by Gasteiger charge is -2.12. The molecule has 0 fully saturated rings. The fourth-order valence-electron chi connectivity index (χ4n) is 0.879. The number of carboxylic acids is 1. The lowest BCUT2D eigenvalue weighted by atomic mass is 10.1. The summed E-state index contributed by atoms with van der Waals surface area (Å²) >= 11 is 0. The van der Waals surface area contributed by atoms with Crippen molar-refractivity contribution in [2.75, 3.05) is 0 Å². The Hall–Kier alpha value is -1.46. The molecule has 3 nitrogen and oxygen atoms in total. The van der Waals surface area contributed by atoms with E-state index in [1.165, 1.54) is 6.07 Å². The van der Waals surface area contributed by atoms with Crippen molar-refractivity contribution in [1.29, 1.82) is 0 Å². The molecule has 1 heterocycles. The highest BCUT2D eigenvalue weighted by molar-refractivity contribution is 5.76. The molecule has 1 aromatic rings. The Labute approximate surface area is 70.8 Å². The number of furan rings is 1. The molecule has 1 aromatic heterocycles. The van der Waals surface area contributed by atoms with Crippen LogP contribution >= 0.6 is 0 Å². The van der Waals surface area contributed by atoms with Crippen LogP contribution in [-0.4, -0.2) is 17.3 Å². The van der Waals surface area contributed by atoms with E-state index in [9.17, 15) is 18.0 Å². The predicted molar refractivity (Wildman–Crippen MR) is 35.1 cm³/mol. The summed E-state index contributed by atoms with van der Waals surface area (Å²) in [5.41, 5.74) is 0. The SMILES string of the molecule is O=C(O)C(c1ccco1)C(F)(F)F. The second-order valence-corrected chi connectivity index (χ2v) is 2.33. The second kappa shape index (κ2) is 3.12. The standard InChI is InChI=1S/C7H5F3O3/c8-7(9,10)5(6(11)12)4-2-1-3-13-4/h1-3,5H,(H,11,12). The van der Waals surface area contributed by atoms with Crippen LogP contribution in [0.25, 0.3) is 0 Å². The van der Waals surface area contributed by atoms with Gasteiger partial charge >= 0.3 is 12.1 Å². The number of hydrogen-bond acceptors (Lipinski definition) is 2. The van der Waals surface area contributed by atoms with Crippen molar-refractivity contribution in [1.82, 2.24) is 0 Å². The maximum Gasteiger partial charge on any atom is 0.409 e. The van der Waals surface area contributed by atoms with Crippen LogP contribution in [0.5, 0.6) is 0 Å². The van der Waals surface area contributed by atoms with Gasteiger partial charge in [0.15, 0.2) is 0 Å². The van der Waals surface area contributed by atoms with Gasteiger partial charge < -0.3 is 9.52 Å². The molecule has 1 unspecified atom stereocenters. The van der Waals surface area contributed by atoms with E-state index in [0.717, 1.165) is 12.3 Å². The Kier molecular flexibility index (Phi) is 2.31. The minimum absolute atomic E-state index is 0.611. The zero-order chi connectivity index (χ0) is 10.1. The van der Waals surface area contributed by atoms with E-state index in [0.29, 0.717) is 0 Å². The van der Waals surface area contributed by atoms with E-state index >= 15 is 0 Å². The first-order valence-corrected chi connectivity index (χ1v) is 3.26. The molecule has 0 aliphatic heterocycles. The first-order valence-electron chi connectivity index (χ1n) is 3.26. The molecular formula is C7H5F3O3. The van der Waals surface area contributed by atoms with Gasteiger partial charge in [0.1, 0.15) is 5.76 Å². The molecule has 13 heavy (non-hydrogen) atoms. The minimum Gasteiger partial charge on any atom is -0.480 e. The summed E-state index contributed by atoms with van der Waals surface area (Å²) < 4.78 is 40.7. The first kappa shape index (κ1) is 9.63. The third-order valence-electron chi connectivity index (χ3n) is 1.40. The lowest BCUT2D eigenvalue weighted by Crippen LogP contribution is -2.27. The third kappa shape index (κ3) is 2.01. The van der Waals surface area contributed by atoms with Gasteiger partial charge in [-0.3, -0.25) is 4.79 Å². The van der Waals surface area contributed by atoms with Crippen molar-refractivity contribution < 1.29 is 27.5 Å². The molecule has 72 valence electrons. The van der Waals surface area contributed by atoms with Crippen LogP contribution < -0.4 is 0 Å². The molecule has 6 heteroatoms. The van der Waals surface area contributed by atoms with Crippen LogP contribution in [0.15, 0.2) is 22.8 Å². The number of halogens is 3. The average molecular weight is 194 g/mol. The predicted octanol–water partition coefficient (Wildman–Crippen LogP) is 2.01. The first-order chi connectivity index (χ1) is 5.93. The fourth-order valence-corrected chi connectivity index (χ4v) is 0.879. The van der Waals surface area contributed by atoms with Crippen molar-refractivity contribution >= 4 is 5.97 Å². The number of hydrogen-bond donors (Lipinski definition) is 1. The lowest BCUT2D eigenvalue weighted by molar-refractivity contribution is -0.178. The number of carboxylic acid groups (broad SMARTS) is 1. The van der Waals surface area contributed by atoms with Gasteiger partial charge in [0.05, 0.1) is 6.26 Å². The maximum atomic E-state index is 12.1. The molecule has 0 spiro atoms. The maximum absolute atomic E-state index is 12.1. The van der Waals surface area contributed by atoms with Crippen molar-refractivity contribution in [2.24, 2.45) is 0 Å². The van der Waals surface area contributed by atoms with E-state index in [4.69, 9.17) is 5.11 Å². The summed E-state index contributed by atoms with van der Waals surface area (Å²) in [5, 5.41) is 8.30. The molecule has 0 bridgehead atoms. The van der Waals surface area contributed by atoms with Crippen molar-refractivity contribution in [3.05, 3.63) is 24.2 Å². The van der Waals surface area contributed by atoms with Gasteiger partial charge in [-0.1, -0.05) is 0 Å². The van der Waals surface area contributed by atoms with Crippen molar-refractivity contribution in [2.45, 2.75) is 12.1 Å². The number of carbonyl (C=O) groups is 1. The molecule has 1 atom stereocenters. The van der Waals surface area contributed by atoms with Crippen LogP contribution in [0, 0.1) is 0 Å². The highest BCUT2D eigenvalue weighted by atomic mass is 19.4. The van der Waals surface area contributed by atoms with Crippen LogP contribution in [0.1, 0.15) is 11.7 Å². The number of alkyl halides is 3. The van der Waals surface area contributed by atoms with E-state index in [1.54, 1.807) is 0 Å². The van der Waals surface area contributed by atoms with Gasteiger partial charge in [0.25, 0.3) is 0 Å². The van der Waals surface area contributed by atoms with Gasteiger partial charge in [-0.05, 0) is 12.1 Å². The highest BCUT2D eigenvalue weighted by Gasteiger charge is 2.48. The zero-order valence-electron chi connectivity index (χ0n) is 6.21. The normalized spacial score (nSPS) is 14.1. The van der Waals surface area contributed by atoms with E-state index in [-0.39, 0.29) is 0 Å². The Morgan fingerprint density at radius 2 is 2.15 bits per heavy atom. The zero-order valence-corrected chi connectivity index (χ0v) is 6.21. The third-order valence-corrected chi connectivity index (χ3v) is 1.40. The summed E-state index contributed by atoms with van der Waals surface area (Å²) in [5.74, 6) is -5.16. The van der Waals surface area contributed by atoms with Gasteiger partial charge in [-0.25, -0.2) is 0 Å². The van der Waals surface area contributed by atoms with Crippen LogP contribution in [0.2, 0.25) is 0 Å². The number of rotatable bonds is 2. The minimum atomic E-state index is -4.83. The van der Waals surface area contributed by atoms with E-state index in [2.05, 4.69) is 4.42 Å². The largest absolute Gasteiger partial charge is 0.480 e. The van der Waals surface area contributed by atoms with Crippen LogP contribution in [-0.2, 0) is 4.79 Å². The Balaban J connectivity index is 3.01. The molecule has 0 radical (unpaired) electrons. The number of aliphatic carboxylic acids is 1. The molecule has 0 saturated heterocycles. The van der Waals surface area contributed by atoms with Crippen molar-refractivity contribution in [3.8, 4) is 0 Å². The molecule has 0 aliphatic carbocycles. The Morgan fingerprint density at radius 3 is 2.46 bits per heavy atom. The molecule has 1 rings (SSSR count). The monoisotopic (exact) mass is 194 g/mol. The highest BCUT2D eigenvalue weighted by Crippen LogP contribution is 2.34. The fraction of sp³-hybridized carbons (Fsp3) is 0.286. The summed E-state index contributed by atoms with van der Waals surface area (Å²) in [4.78, 5) is 10.3. The van der Waals surface area contributed by atoms with Gasteiger partial charge in [-0.2, -0.15) is 13.2 Å². The van der Waals surface area contributed by atoms with E-state index < -0.39 is 23.8 Å². The molecule has 0 saturated carbocycles. The van der Waals surface area contributed by atoms with Gasteiger partial charge in [0.2, 0.25) is 5.92 Å². The van der Waals surface area contributed by atoms with Crippen LogP contribution in [0.4, 0.5) is 13.2 Å². The molecule has 0 amide bonds. The summed E-state index contributed by atoms with van der Waals surface area (Å²) in [6.07, 6.45) is -3.83. The Bertz CT molecular complexity index is 288. The quantitative estimate of drug-likeness (QED) is 0.783. The smallest absolute Gasteiger partial charge is 0.409 e. The second-order valence-electron chi connectivity index (χ2n) is 2.33. The summed E-state index contributed by atoms with van der Waals surface area (Å²) in [6.45, 7) is 0. The van der Waals surface area contributed by atoms with Crippen molar-refractivity contribution in [3.63, 3.8) is 0 Å². The summed E-state index contributed by atoms with van der Waals surface area (Å²) in [6, 6.07) is 2.18. The van der Waals surface area contributed by atoms with E-state index in [1.807, 2.05) is 0 Å². The molecule has 0 aromatic carbocycles. The summed E-state index contributed by atoms with van der Waals surface area (Å²) in [7, 11) is 0. The molecule has 0 aliphatic rings. The topological polar surface area (TPSA) is 50.4 Å². The molecule has 1 N–H and O–H groups in total. The molecular weight excluding hydrogens is 189 g/mol. The van der Waals surface area contributed by atoms with Crippen LogP contribution in [0.3, 0.4) is 0 Å². The van der Waals surface area contributed by atoms with Gasteiger partial charge in [0, 0.05) is 0 Å². The van der Waals surface area contributed by atoms with Gasteiger partial charge in [-0.15, -0.1) is 0 Å².